The third-order valence-electron chi connectivity index (χ3n) is 4.91. The van der Waals surface area contributed by atoms with Gasteiger partial charge in [0.15, 0.2) is 0 Å². The lowest BCUT2D eigenvalue weighted by Gasteiger charge is -2.40. The van der Waals surface area contributed by atoms with E-state index in [2.05, 4.69) is 23.2 Å². The molecule has 0 spiro atoms. The van der Waals surface area contributed by atoms with Crippen LogP contribution in [-0.2, 0) is 6.42 Å². The number of nitrogens with one attached hydrogen (secondary N) is 1. The van der Waals surface area contributed by atoms with E-state index in [9.17, 15) is 4.79 Å². The van der Waals surface area contributed by atoms with Crippen LogP contribution in [0.15, 0.2) is 42.5 Å². The number of rotatable bonds is 0. The van der Waals surface area contributed by atoms with E-state index >= 15 is 0 Å². The Morgan fingerprint density at radius 1 is 1.17 bits per heavy atom. The Bertz CT molecular complexity index is 957. The van der Waals surface area contributed by atoms with Crippen molar-refractivity contribution in [3.63, 3.8) is 0 Å². The predicted molar refractivity (Wildman–Crippen MR) is 87.6 cm³/mol. The molecule has 0 saturated heterocycles. The zero-order chi connectivity index (χ0) is 15.6. The second-order valence-corrected chi connectivity index (χ2v) is 6.23. The molecule has 23 heavy (non-hydrogen) atoms. The average molecular weight is 304 g/mol. The van der Waals surface area contributed by atoms with Gasteiger partial charge in [0, 0.05) is 17.4 Å². The number of aromatic nitrogens is 1. The van der Waals surface area contributed by atoms with E-state index in [1.54, 1.807) is 0 Å². The largest absolute Gasteiger partial charge is 0.463 e. The molecule has 1 atom stereocenters. The Kier molecular flexibility index (Phi) is 2.43. The van der Waals surface area contributed by atoms with Crippen molar-refractivity contribution >= 4 is 16.8 Å². The molecule has 0 radical (unpaired) electrons. The van der Waals surface area contributed by atoms with E-state index < -0.39 is 0 Å². The first kappa shape index (κ1) is 12.8. The number of benzene rings is 2. The number of aromatic amines is 1. The monoisotopic (exact) mass is 304 g/mol. The maximum atomic E-state index is 12.9. The Morgan fingerprint density at radius 3 is 2.96 bits per heavy atom. The molecule has 4 heteroatoms. The normalized spacial score (nSPS) is 19.1. The molecule has 0 bridgehead atoms. The number of amides is 1. The lowest BCUT2D eigenvalue weighted by atomic mass is 9.98. The fourth-order valence-electron chi connectivity index (χ4n) is 3.78. The first-order valence-corrected chi connectivity index (χ1v) is 7.91. The molecule has 2 aromatic carbocycles. The van der Waals surface area contributed by atoms with Crippen LogP contribution in [0.1, 0.15) is 33.4 Å². The van der Waals surface area contributed by atoms with Gasteiger partial charge >= 0.3 is 0 Å². The highest BCUT2D eigenvalue weighted by molar-refractivity contribution is 5.99. The number of carbonyl (C=O) groups excluding carboxylic acids is 1. The summed E-state index contributed by atoms with van der Waals surface area (Å²) in [7, 11) is 0. The second kappa shape index (κ2) is 4.38. The van der Waals surface area contributed by atoms with Crippen molar-refractivity contribution in [1.29, 1.82) is 0 Å². The standard InChI is InChI=1S/C19H16N2O2/c1-11-5-4-7-14-17(11)23-19-16-13(9-10-21(19)18(14)22)12-6-2-3-8-15(12)20-16/h2-8,19-20H,9-10H2,1H3. The van der Waals surface area contributed by atoms with Gasteiger partial charge in [0.1, 0.15) is 5.75 Å². The van der Waals surface area contributed by atoms with Gasteiger partial charge in [-0.3, -0.25) is 9.69 Å². The minimum Gasteiger partial charge on any atom is -0.463 e. The van der Waals surface area contributed by atoms with Crippen molar-refractivity contribution in [2.75, 3.05) is 6.54 Å². The van der Waals surface area contributed by atoms with Crippen LogP contribution >= 0.6 is 0 Å². The predicted octanol–water partition coefficient (Wildman–Crippen LogP) is 3.57. The van der Waals surface area contributed by atoms with Gasteiger partial charge in [-0.15, -0.1) is 0 Å². The molecule has 2 aliphatic rings. The first-order chi connectivity index (χ1) is 11.2. The van der Waals surface area contributed by atoms with Crippen molar-refractivity contribution in [3.05, 3.63) is 64.8 Å². The Balaban J connectivity index is 1.71. The molecule has 1 N–H and O–H groups in total. The van der Waals surface area contributed by atoms with Crippen molar-refractivity contribution < 1.29 is 9.53 Å². The maximum absolute atomic E-state index is 12.9. The van der Waals surface area contributed by atoms with Crippen LogP contribution in [0.5, 0.6) is 5.75 Å². The van der Waals surface area contributed by atoms with Crippen LogP contribution in [0.3, 0.4) is 0 Å². The SMILES string of the molecule is Cc1cccc2c1OC1c3[nH]c4ccccc4c3CCN1C2=O. The number of fused-ring (bicyclic) bond motifs is 6. The van der Waals surface area contributed by atoms with Gasteiger partial charge in [-0.05, 0) is 36.6 Å². The van der Waals surface area contributed by atoms with Crippen molar-refractivity contribution in [2.24, 2.45) is 0 Å². The summed E-state index contributed by atoms with van der Waals surface area (Å²) in [5.74, 6) is 0.773. The number of para-hydroxylation sites is 2. The minimum absolute atomic E-state index is 0.0595. The fourth-order valence-corrected chi connectivity index (χ4v) is 3.78. The third-order valence-corrected chi connectivity index (χ3v) is 4.91. The summed E-state index contributed by atoms with van der Waals surface area (Å²) in [6.07, 6.45) is 0.499. The van der Waals surface area contributed by atoms with Gasteiger partial charge in [-0.2, -0.15) is 0 Å². The summed E-state index contributed by atoms with van der Waals surface area (Å²) in [4.78, 5) is 18.2. The summed E-state index contributed by atoms with van der Waals surface area (Å²) in [6, 6.07) is 14.0. The van der Waals surface area contributed by atoms with Crippen LogP contribution < -0.4 is 4.74 Å². The van der Waals surface area contributed by atoms with Crippen LogP contribution in [-0.4, -0.2) is 22.3 Å². The highest BCUT2D eigenvalue weighted by Crippen LogP contribution is 2.42. The molecular formula is C19H16N2O2. The molecule has 2 aliphatic heterocycles. The molecule has 0 aliphatic carbocycles. The van der Waals surface area contributed by atoms with E-state index in [1.807, 2.05) is 36.1 Å². The topological polar surface area (TPSA) is 45.3 Å². The van der Waals surface area contributed by atoms with E-state index in [1.165, 1.54) is 10.9 Å². The number of carbonyl (C=O) groups is 1. The summed E-state index contributed by atoms with van der Waals surface area (Å²) >= 11 is 0. The van der Waals surface area contributed by atoms with E-state index in [-0.39, 0.29) is 12.1 Å². The van der Waals surface area contributed by atoms with Gasteiger partial charge in [-0.1, -0.05) is 30.3 Å². The number of H-pyrrole nitrogens is 1. The summed E-state index contributed by atoms with van der Waals surface area (Å²) in [5.41, 5.74) is 5.05. The number of ether oxygens (including phenoxy) is 1. The van der Waals surface area contributed by atoms with E-state index in [0.29, 0.717) is 17.9 Å². The van der Waals surface area contributed by atoms with Crippen molar-refractivity contribution in [1.82, 2.24) is 9.88 Å². The zero-order valence-electron chi connectivity index (χ0n) is 12.8. The van der Waals surface area contributed by atoms with Gasteiger partial charge in [0.2, 0.25) is 6.23 Å². The fraction of sp³-hybridized carbons (Fsp3) is 0.211. The molecule has 4 nitrogen and oxygen atoms in total. The van der Waals surface area contributed by atoms with Crippen molar-refractivity contribution in [2.45, 2.75) is 19.6 Å². The molecule has 3 heterocycles. The third kappa shape index (κ3) is 1.63. The van der Waals surface area contributed by atoms with E-state index in [0.717, 1.165) is 23.2 Å². The molecule has 1 aromatic heterocycles. The van der Waals surface area contributed by atoms with E-state index in [4.69, 9.17) is 4.74 Å². The lowest BCUT2D eigenvalue weighted by Crippen LogP contribution is -2.45. The van der Waals surface area contributed by atoms with Gasteiger partial charge in [-0.25, -0.2) is 0 Å². The maximum Gasteiger partial charge on any atom is 0.260 e. The molecule has 1 unspecified atom stereocenters. The van der Waals surface area contributed by atoms with Gasteiger partial charge in [0.05, 0.1) is 11.3 Å². The number of hydrogen-bond acceptors (Lipinski definition) is 2. The highest BCUT2D eigenvalue weighted by atomic mass is 16.5. The summed E-state index contributed by atoms with van der Waals surface area (Å²) in [5, 5.41) is 1.23. The minimum atomic E-state index is -0.354. The molecule has 114 valence electrons. The summed E-state index contributed by atoms with van der Waals surface area (Å²) < 4.78 is 6.27. The summed E-state index contributed by atoms with van der Waals surface area (Å²) in [6.45, 7) is 2.67. The number of nitrogens with zero attached hydrogens (tertiary/aromatic N) is 1. The second-order valence-electron chi connectivity index (χ2n) is 6.23. The Hall–Kier alpha value is -2.75. The molecular weight excluding hydrogens is 288 g/mol. The number of hydrogen-bond donors (Lipinski definition) is 1. The first-order valence-electron chi connectivity index (χ1n) is 7.91. The van der Waals surface area contributed by atoms with Crippen LogP contribution in [0, 0.1) is 6.92 Å². The van der Waals surface area contributed by atoms with Crippen LogP contribution in [0.2, 0.25) is 0 Å². The lowest BCUT2D eigenvalue weighted by molar-refractivity contribution is 0.00162. The number of aryl methyl sites for hydroxylation is 1. The highest BCUT2D eigenvalue weighted by Gasteiger charge is 2.40. The van der Waals surface area contributed by atoms with Gasteiger partial charge < -0.3 is 9.72 Å². The Morgan fingerprint density at radius 2 is 2.04 bits per heavy atom. The van der Waals surface area contributed by atoms with Crippen LogP contribution in [0.25, 0.3) is 10.9 Å². The molecule has 5 rings (SSSR count). The molecule has 0 fully saturated rings. The van der Waals surface area contributed by atoms with Gasteiger partial charge in [0.25, 0.3) is 5.91 Å². The Labute approximate surface area is 133 Å². The van der Waals surface area contributed by atoms with Crippen LogP contribution in [0.4, 0.5) is 0 Å². The van der Waals surface area contributed by atoms with Crippen molar-refractivity contribution in [3.8, 4) is 5.75 Å². The quantitative estimate of drug-likeness (QED) is 0.690. The average Bonchev–Trinajstić information content (AvgIpc) is 2.95. The smallest absolute Gasteiger partial charge is 0.260 e. The molecule has 1 amide bonds. The molecule has 0 saturated carbocycles. The zero-order valence-corrected chi connectivity index (χ0v) is 12.8. The molecule has 3 aromatic rings.